The minimum atomic E-state index is 0.0900. The fraction of sp³-hybridized carbons (Fsp3) is 0.294. The molecule has 130 valence electrons. The Bertz CT molecular complexity index is 856. The van der Waals surface area contributed by atoms with Crippen molar-refractivity contribution in [3.05, 3.63) is 35.7 Å². The zero-order valence-electron chi connectivity index (χ0n) is 13.5. The molecule has 1 fully saturated rings. The van der Waals surface area contributed by atoms with Crippen LogP contribution in [0.1, 0.15) is 12.8 Å². The van der Waals surface area contributed by atoms with Crippen LogP contribution in [-0.2, 0) is 4.79 Å². The lowest BCUT2D eigenvalue weighted by Crippen LogP contribution is -2.34. The molecule has 1 aliphatic rings. The third kappa shape index (κ3) is 4.14. The van der Waals surface area contributed by atoms with Gasteiger partial charge in [-0.3, -0.25) is 4.79 Å². The Kier molecular flexibility index (Phi) is 5.21. The maximum absolute atomic E-state index is 12.4. The monoisotopic (exact) mass is 390 g/mol. The smallest absolute Gasteiger partial charge is 0.229 e. The van der Waals surface area contributed by atoms with Crippen LogP contribution in [0.3, 0.4) is 0 Å². The number of hydrogen-bond donors (Lipinski definition) is 3. The highest BCUT2D eigenvalue weighted by molar-refractivity contribution is 8.02. The Morgan fingerprint density at radius 3 is 2.96 bits per heavy atom. The van der Waals surface area contributed by atoms with E-state index in [1.54, 1.807) is 23.3 Å². The molecule has 1 aromatic carbocycles. The van der Waals surface area contributed by atoms with Crippen molar-refractivity contribution >= 4 is 61.6 Å². The van der Waals surface area contributed by atoms with Crippen LogP contribution in [0.2, 0.25) is 0 Å². The van der Waals surface area contributed by atoms with E-state index in [1.165, 1.54) is 15.5 Å². The van der Waals surface area contributed by atoms with Gasteiger partial charge in [0.15, 0.2) is 5.13 Å². The first-order valence-electron chi connectivity index (χ1n) is 8.16. The van der Waals surface area contributed by atoms with Crippen LogP contribution in [0.15, 0.2) is 39.9 Å². The van der Waals surface area contributed by atoms with Gasteiger partial charge in [-0.2, -0.15) is 0 Å². The van der Waals surface area contributed by atoms with Crippen molar-refractivity contribution in [2.75, 3.05) is 23.1 Å². The molecule has 0 bridgehead atoms. The molecule has 8 heteroatoms. The lowest BCUT2D eigenvalue weighted by atomic mass is 9.97. The first-order chi connectivity index (χ1) is 12.3. The molecule has 0 unspecified atom stereocenters. The second kappa shape index (κ2) is 7.74. The lowest BCUT2D eigenvalue weighted by Gasteiger charge is -2.20. The van der Waals surface area contributed by atoms with E-state index in [0.29, 0.717) is 5.13 Å². The molecule has 0 atom stereocenters. The first kappa shape index (κ1) is 16.8. The summed E-state index contributed by atoms with van der Waals surface area (Å²) in [6.07, 6.45) is 1.79. The number of thiophene rings is 1. The molecule has 3 N–H and O–H groups in total. The highest BCUT2D eigenvalue weighted by atomic mass is 32.2. The molecular formula is C17H18N4OS3. The number of aromatic nitrogens is 1. The zero-order valence-corrected chi connectivity index (χ0v) is 15.9. The average Bonchev–Trinajstić information content (AvgIpc) is 3.29. The summed E-state index contributed by atoms with van der Waals surface area (Å²) in [5, 5.41) is 9.02. The van der Waals surface area contributed by atoms with Gasteiger partial charge in [-0.15, -0.1) is 11.3 Å². The number of rotatable bonds is 5. The van der Waals surface area contributed by atoms with Gasteiger partial charge in [0.25, 0.3) is 0 Å². The molecule has 3 heterocycles. The second-order valence-corrected chi connectivity index (χ2v) is 8.94. The van der Waals surface area contributed by atoms with Crippen molar-refractivity contribution in [1.29, 1.82) is 0 Å². The van der Waals surface area contributed by atoms with Gasteiger partial charge < -0.3 is 15.4 Å². The van der Waals surface area contributed by atoms with Crippen LogP contribution in [-0.4, -0.2) is 24.0 Å². The van der Waals surface area contributed by atoms with E-state index in [2.05, 4.69) is 37.9 Å². The Morgan fingerprint density at radius 2 is 2.16 bits per heavy atom. The van der Waals surface area contributed by atoms with Gasteiger partial charge >= 0.3 is 0 Å². The van der Waals surface area contributed by atoms with E-state index < -0.39 is 0 Å². The minimum Gasteiger partial charge on any atom is -0.325 e. The largest absolute Gasteiger partial charge is 0.325 e. The second-order valence-electron chi connectivity index (χ2n) is 5.85. The van der Waals surface area contributed by atoms with Gasteiger partial charge in [-0.1, -0.05) is 17.4 Å². The summed E-state index contributed by atoms with van der Waals surface area (Å²) >= 11 is 4.83. The van der Waals surface area contributed by atoms with Gasteiger partial charge in [-0.25, -0.2) is 4.98 Å². The number of anilines is 2. The van der Waals surface area contributed by atoms with E-state index in [1.807, 2.05) is 18.2 Å². The van der Waals surface area contributed by atoms with Gasteiger partial charge in [-0.05, 0) is 67.5 Å². The molecule has 0 saturated carbocycles. The number of carbonyl (C=O) groups excluding carboxylic acids is 1. The maximum Gasteiger partial charge on any atom is 0.229 e. The third-order valence-electron chi connectivity index (χ3n) is 4.09. The van der Waals surface area contributed by atoms with Crippen molar-refractivity contribution in [2.24, 2.45) is 5.92 Å². The maximum atomic E-state index is 12.4. The zero-order chi connectivity index (χ0) is 17.1. The van der Waals surface area contributed by atoms with E-state index >= 15 is 0 Å². The number of carbonyl (C=O) groups is 1. The molecule has 0 aliphatic carbocycles. The van der Waals surface area contributed by atoms with Gasteiger partial charge in [0.2, 0.25) is 5.91 Å². The van der Waals surface area contributed by atoms with Gasteiger partial charge in [0.05, 0.1) is 14.4 Å². The molecule has 1 saturated heterocycles. The normalized spacial score (nSPS) is 15.4. The van der Waals surface area contributed by atoms with Crippen molar-refractivity contribution in [3.63, 3.8) is 0 Å². The van der Waals surface area contributed by atoms with Crippen LogP contribution in [0.5, 0.6) is 0 Å². The first-order valence-corrected chi connectivity index (χ1v) is 10.7. The molecule has 1 aliphatic heterocycles. The fourth-order valence-corrected chi connectivity index (χ4v) is 5.10. The summed E-state index contributed by atoms with van der Waals surface area (Å²) in [6.45, 7) is 1.82. The van der Waals surface area contributed by atoms with Crippen LogP contribution in [0, 0.1) is 5.92 Å². The number of amides is 1. The standard InChI is InChI=1S/C17H18N4OS3/c22-16(11-5-7-18-8-6-11)20-17-19-13-4-3-12(10-14(13)24-17)21-25-15-2-1-9-23-15/h1-4,9-11,18,21H,5-8H2,(H,19,20,22). The highest BCUT2D eigenvalue weighted by Gasteiger charge is 2.21. The summed E-state index contributed by atoms with van der Waals surface area (Å²) in [4.78, 5) is 16.9. The average molecular weight is 391 g/mol. The summed E-state index contributed by atoms with van der Waals surface area (Å²) in [5.74, 6) is 0.180. The van der Waals surface area contributed by atoms with Crippen molar-refractivity contribution in [1.82, 2.24) is 10.3 Å². The van der Waals surface area contributed by atoms with Gasteiger partial charge in [0, 0.05) is 11.6 Å². The quantitative estimate of drug-likeness (QED) is 0.563. The molecule has 1 amide bonds. The van der Waals surface area contributed by atoms with Crippen LogP contribution < -0.4 is 15.4 Å². The van der Waals surface area contributed by atoms with Crippen LogP contribution >= 0.6 is 34.6 Å². The molecule has 5 nitrogen and oxygen atoms in total. The van der Waals surface area contributed by atoms with E-state index in [0.717, 1.165) is 41.8 Å². The van der Waals surface area contributed by atoms with Crippen molar-refractivity contribution < 1.29 is 4.79 Å². The Hall–Kier alpha value is -1.61. The molecule has 2 aromatic heterocycles. The summed E-state index contributed by atoms with van der Waals surface area (Å²) in [6, 6.07) is 10.2. The molecule has 25 heavy (non-hydrogen) atoms. The van der Waals surface area contributed by atoms with E-state index in [-0.39, 0.29) is 11.8 Å². The number of thiazole rings is 1. The molecule has 3 aromatic rings. The van der Waals surface area contributed by atoms with Crippen molar-refractivity contribution in [2.45, 2.75) is 17.1 Å². The summed E-state index contributed by atoms with van der Waals surface area (Å²) in [7, 11) is 0. The third-order valence-corrected chi connectivity index (χ3v) is 6.90. The summed E-state index contributed by atoms with van der Waals surface area (Å²) < 4.78 is 5.64. The number of nitrogens with zero attached hydrogens (tertiary/aromatic N) is 1. The minimum absolute atomic E-state index is 0.0900. The Morgan fingerprint density at radius 1 is 1.28 bits per heavy atom. The van der Waals surface area contributed by atoms with Gasteiger partial charge in [0.1, 0.15) is 0 Å². The Labute approximate surface area is 158 Å². The fourth-order valence-electron chi connectivity index (χ4n) is 2.76. The molecule has 4 rings (SSSR count). The molecule has 0 radical (unpaired) electrons. The number of hydrogen-bond acceptors (Lipinski definition) is 7. The highest BCUT2D eigenvalue weighted by Crippen LogP contribution is 2.31. The predicted octanol–water partition coefficient (Wildman–Crippen LogP) is 4.42. The van der Waals surface area contributed by atoms with E-state index in [4.69, 9.17) is 0 Å². The van der Waals surface area contributed by atoms with Crippen LogP contribution in [0.25, 0.3) is 10.2 Å². The van der Waals surface area contributed by atoms with E-state index in [9.17, 15) is 4.79 Å². The Balaban J connectivity index is 1.43. The SMILES string of the molecule is O=C(Nc1nc2ccc(NSc3cccs3)cc2s1)C1CCNCC1. The summed E-state index contributed by atoms with van der Waals surface area (Å²) in [5.41, 5.74) is 1.95. The lowest BCUT2D eigenvalue weighted by molar-refractivity contribution is -0.120. The molecular weight excluding hydrogens is 372 g/mol. The number of nitrogens with one attached hydrogen (secondary N) is 3. The van der Waals surface area contributed by atoms with Crippen molar-refractivity contribution in [3.8, 4) is 0 Å². The topological polar surface area (TPSA) is 66.0 Å². The predicted molar refractivity (Wildman–Crippen MR) is 108 cm³/mol. The number of benzene rings is 1. The number of piperidine rings is 1. The van der Waals surface area contributed by atoms with Crippen LogP contribution in [0.4, 0.5) is 10.8 Å². The molecule has 0 spiro atoms. The number of fused-ring (bicyclic) bond motifs is 1.